The molecule has 2 N–H and O–H groups in total. The molecule has 29 heavy (non-hydrogen) atoms. The molecule has 0 saturated heterocycles. The molecular weight excluding hydrogens is 433 g/mol. The molecule has 2 aromatic carbocycles. The quantitative estimate of drug-likeness (QED) is 0.639. The molecule has 0 radical (unpaired) electrons. The summed E-state index contributed by atoms with van der Waals surface area (Å²) in [6.45, 7) is 3.54. The topological polar surface area (TPSA) is 102 Å². The van der Waals surface area contributed by atoms with Crippen LogP contribution in [0.3, 0.4) is 0 Å². The van der Waals surface area contributed by atoms with Gasteiger partial charge < -0.3 is 4.74 Å². The standard InChI is InChI=1S/C17H19F3N2O5S2/c1-3-12(2)21-28(23,24)15-8-4-13(5-9-15)22-29(25,26)16-10-6-14(7-11-16)27-17(18,19)20/h4-12,21-22H,3H2,1-2H3. The van der Waals surface area contributed by atoms with E-state index in [0.717, 1.165) is 24.3 Å². The van der Waals surface area contributed by atoms with E-state index >= 15 is 0 Å². The van der Waals surface area contributed by atoms with Crippen molar-refractivity contribution in [3.63, 3.8) is 0 Å². The zero-order valence-electron chi connectivity index (χ0n) is 15.4. The molecule has 2 aromatic rings. The van der Waals surface area contributed by atoms with Gasteiger partial charge in [-0.15, -0.1) is 13.2 Å². The Labute approximate surface area is 167 Å². The Morgan fingerprint density at radius 1 is 0.897 bits per heavy atom. The van der Waals surface area contributed by atoms with Crippen molar-refractivity contribution < 1.29 is 34.7 Å². The molecule has 0 heterocycles. The minimum atomic E-state index is -4.88. The van der Waals surface area contributed by atoms with Gasteiger partial charge in [0.2, 0.25) is 10.0 Å². The van der Waals surface area contributed by atoms with Crippen LogP contribution < -0.4 is 14.2 Å². The molecule has 0 aliphatic rings. The maximum Gasteiger partial charge on any atom is 0.573 e. The summed E-state index contributed by atoms with van der Waals surface area (Å²) >= 11 is 0. The molecule has 0 fully saturated rings. The molecule has 1 atom stereocenters. The van der Waals surface area contributed by atoms with Crippen LogP contribution in [0.25, 0.3) is 0 Å². The van der Waals surface area contributed by atoms with Gasteiger partial charge in [0.05, 0.1) is 9.79 Å². The number of hydrogen-bond acceptors (Lipinski definition) is 5. The van der Waals surface area contributed by atoms with Gasteiger partial charge in [-0.3, -0.25) is 4.72 Å². The van der Waals surface area contributed by atoms with Crippen LogP contribution in [0.1, 0.15) is 20.3 Å². The molecule has 0 saturated carbocycles. The summed E-state index contributed by atoms with van der Waals surface area (Å²) in [6.07, 6.45) is -4.28. The normalized spacial score (nSPS) is 13.7. The van der Waals surface area contributed by atoms with Gasteiger partial charge in [-0.25, -0.2) is 21.6 Å². The highest BCUT2D eigenvalue weighted by molar-refractivity contribution is 7.92. The van der Waals surface area contributed by atoms with Crippen LogP contribution in [0.2, 0.25) is 0 Å². The van der Waals surface area contributed by atoms with Gasteiger partial charge in [0.25, 0.3) is 10.0 Å². The Bertz CT molecular complexity index is 1040. The largest absolute Gasteiger partial charge is 0.573 e. The Kier molecular flexibility index (Phi) is 6.81. The first-order valence-corrected chi connectivity index (χ1v) is 11.3. The van der Waals surface area contributed by atoms with E-state index in [1.54, 1.807) is 6.92 Å². The number of anilines is 1. The third-order valence-corrected chi connectivity index (χ3v) is 6.76. The maximum absolute atomic E-state index is 12.4. The number of nitrogens with one attached hydrogen (secondary N) is 2. The van der Waals surface area contributed by atoms with Gasteiger partial charge in [0.1, 0.15) is 5.75 Å². The summed E-state index contributed by atoms with van der Waals surface area (Å²) in [6, 6.07) is 8.41. The van der Waals surface area contributed by atoms with Gasteiger partial charge in [0, 0.05) is 11.7 Å². The van der Waals surface area contributed by atoms with Crippen molar-refractivity contribution in [2.24, 2.45) is 0 Å². The molecule has 0 amide bonds. The first kappa shape index (κ1) is 23.0. The summed E-state index contributed by atoms with van der Waals surface area (Å²) in [5.74, 6) is -0.556. The van der Waals surface area contributed by atoms with Crippen LogP contribution in [0, 0.1) is 0 Å². The van der Waals surface area contributed by atoms with Crippen molar-refractivity contribution in [3.05, 3.63) is 48.5 Å². The van der Waals surface area contributed by atoms with E-state index in [2.05, 4.69) is 14.2 Å². The fourth-order valence-electron chi connectivity index (χ4n) is 2.15. The van der Waals surface area contributed by atoms with Gasteiger partial charge in [-0.05, 0) is 61.9 Å². The number of hydrogen-bond donors (Lipinski definition) is 2. The minimum absolute atomic E-state index is 0.0330. The summed E-state index contributed by atoms with van der Waals surface area (Å²) in [5, 5.41) is 0. The third kappa shape index (κ3) is 6.61. The summed E-state index contributed by atoms with van der Waals surface area (Å²) in [5.41, 5.74) is 0.0862. The highest BCUT2D eigenvalue weighted by atomic mass is 32.2. The van der Waals surface area contributed by atoms with Crippen LogP contribution in [0.15, 0.2) is 58.3 Å². The van der Waals surface area contributed by atoms with Gasteiger partial charge in [0.15, 0.2) is 0 Å². The van der Waals surface area contributed by atoms with E-state index in [1.165, 1.54) is 24.3 Å². The summed E-state index contributed by atoms with van der Waals surface area (Å²) in [7, 11) is -7.83. The average molecular weight is 452 g/mol. The fourth-order valence-corrected chi connectivity index (χ4v) is 4.54. The zero-order valence-corrected chi connectivity index (χ0v) is 17.0. The molecule has 0 aromatic heterocycles. The van der Waals surface area contributed by atoms with Gasteiger partial charge >= 0.3 is 6.36 Å². The number of alkyl halides is 3. The lowest BCUT2D eigenvalue weighted by atomic mass is 10.3. The van der Waals surface area contributed by atoms with Crippen LogP contribution >= 0.6 is 0 Å². The summed E-state index contributed by atoms with van der Waals surface area (Å²) in [4.78, 5) is -0.323. The van der Waals surface area contributed by atoms with E-state index < -0.39 is 32.2 Å². The fraction of sp³-hybridized carbons (Fsp3) is 0.294. The van der Waals surface area contributed by atoms with Gasteiger partial charge in [-0.1, -0.05) is 6.92 Å². The van der Waals surface area contributed by atoms with Crippen molar-refractivity contribution >= 4 is 25.7 Å². The number of ether oxygens (including phenoxy) is 1. The first-order chi connectivity index (χ1) is 13.3. The van der Waals surface area contributed by atoms with E-state index in [-0.39, 0.29) is 21.5 Å². The van der Waals surface area contributed by atoms with Crippen molar-refractivity contribution in [1.82, 2.24) is 4.72 Å². The number of rotatable bonds is 8. The smallest absolute Gasteiger partial charge is 0.406 e. The Morgan fingerprint density at radius 3 is 1.86 bits per heavy atom. The zero-order chi connectivity index (χ0) is 21.9. The monoisotopic (exact) mass is 452 g/mol. The second-order valence-electron chi connectivity index (χ2n) is 6.08. The second-order valence-corrected chi connectivity index (χ2v) is 9.48. The highest BCUT2D eigenvalue weighted by Gasteiger charge is 2.31. The minimum Gasteiger partial charge on any atom is -0.406 e. The number of benzene rings is 2. The molecule has 2 rings (SSSR count). The lowest BCUT2D eigenvalue weighted by Crippen LogP contribution is -2.31. The lowest BCUT2D eigenvalue weighted by molar-refractivity contribution is -0.274. The number of halogens is 3. The average Bonchev–Trinajstić information content (AvgIpc) is 2.60. The van der Waals surface area contributed by atoms with Crippen molar-refractivity contribution in [1.29, 1.82) is 0 Å². The highest BCUT2D eigenvalue weighted by Crippen LogP contribution is 2.25. The van der Waals surface area contributed by atoms with E-state index in [4.69, 9.17) is 0 Å². The molecular formula is C17H19F3N2O5S2. The van der Waals surface area contributed by atoms with Crippen molar-refractivity contribution in [3.8, 4) is 5.75 Å². The Hall–Kier alpha value is -2.31. The SMILES string of the molecule is CCC(C)NS(=O)(=O)c1ccc(NS(=O)(=O)c2ccc(OC(F)(F)F)cc2)cc1. The van der Waals surface area contributed by atoms with E-state index in [1.807, 2.05) is 6.92 Å². The summed E-state index contributed by atoms with van der Waals surface area (Å²) < 4.78 is 94.0. The molecule has 12 heteroatoms. The van der Waals surface area contributed by atoms with E-state index in [9.17, 15) is 30.0 Å². The molecule has 0 spiro atoms. The maximum atomic E-state index is 12.4. The molecule has 1 unspecified atom stereocenters. The molecule has 0 aliphatic heterocycles. The van der Waals surface area contributed by atoms with Crippen LogP contribution in [-0.4, -0.2) is 29.2 Å². The Morgan fingerprint density at radius 2 is 1.38 bits per heavy atom. The molecule has 0 aliphatic carbocycles. The predicted octanol–water partition coefficient (Wildman–Crippen LogP) is 3.46. The van der Waals surface area contributed by atoms with Crippen LogP contribution in [-0.2, 0) is 20.0 Å². The molecule has 160 valence electrons. The lowest BCUT2D eigenvalue weighted by Gasteiger charge is -2.13. The van der Waals surface area contributed by atoms with Crippen LogP contribution in [0.4, 0.5) is 18.9 Å². The molecule has 0 bridgehead atoms. The second kappa shape index (κ2) is 8.59. The first-order valence-electron chi connectivity index (χ1n) is 8.33. The van der Waals surface area contributed by atoms with Crippen molar-refractivity contribution in [2.45, 2.75) is 42.5 Å². The number of sulfonamides is 2. The Balaban J connectivity index is 2.14. The van der Waals surface area contributed by atoms with Gasteiger partial charge in [-0.2, -0.15) is 0 Å². The van der Waals surface area contributed by atoms with Crippen LogP contribution in [0.5, 0.6) is 5.75 Å². The van der Waals surface area contributed by atoms with Crippen molar-refractivity contribution in [2.75, 3.05) is 4.72 Å². The van der Waals surface area contributed by atoms with E-state index in [0.29, 0.717) is 6.42 Å². The molecule has 7 nitrogen and oxygen atoms in total. The predicted molar refractivity (Wildman–Crippen MR) is 100 cm³/mol. The third-order valence-electron chi connectivity index (χ3n) is 3.75.